The molecule has 0 radical (unpaired) electrons. The predicted octanol–water partition coefficient (Wildman–Crippen LogP) is 3.45. The summed E-state index contributed by atoms with van der Waals surface area (Å²) < 4.78 is 5.61. The molecule has 2 rings (SSSR count). The third kappa shape index (κ3) is 7.85. The first-order valence-electron chi connectivity index (χ1n) is 11.3. The Labute approximate surface area is 177 Å². The van der Waals surface area contributed by atoms with Gasteiger partial charge in [0.1, 0.15) is 0 Å². The number of hydrogen-bond donors (Lipinski definition) is 1. The van der Waals surface area contributed by atoms with E-state index in [4.69, 9.17) is 4.74 Å². The van der Waals surface area contributed by atoms with Gasteiger partial charge in [0.05, 0.1) is 6.61 Å². The largest absolute Gasteiger partial charge is 0.380 e. The lowest BCUT2D eigenvalue weighted by Gasteiger charge is -2.22. The predicted molar refractivity (Wildman–Crippen MR) is 122 cm³/mol. The van der Waals surface area contributed by atoms with Crippen molar-refractivity contribution < 1.29 is 9.53 Å². The quantitative estimate of drug-likeness (QED) is 0.516. The lowest BCUT2D eigenvalue weighted by atomic mass is 9.98. The van der Waals surface area contributed by atoms with Gasteiger partial charge in [-0.1, -0.05) is 39.3 Å². The maximum absolute atomic E-state index is 12.7. The summed E-state index contributed by atoms with van der Waals surface area (Å²) in [7, 11) is 2.13. The lowest BCUT2D eigenvalue weighted by Crippen LogP contribution is -2.35. The van der Waals surface area contributed by atoms with Gasteiger partial charge in [0, 0.05) is 43.7 Å². The minimum absolute atomic E-state index is 0.0373. The molecule has 1 aromatic carbocycles. The topological polar surface area (TPSA) is 41.6 Å². The summed E-state index contributed by atoms with van der Waals surface area (Å²) in [5, 5.41) is 5.00. The highest BCUT2D eigenvalue weighted by Gasteiger charge is 2.21. The Morgan fingerprint density at radius 1 is 1.31 bits per heavy atom. The minimum Gasteiger partial charge on any atom is -0.380 e. The van der Waals surface area contributed by atoms with E-state index in [1.54, 1.807) is 0 Å². The van der Waals surface area contributed by atoms with E-state index in [0.29, 0.717) is 19.1 Å². The van der Waals surface area contributed by atoms with Crippen LogP contribution >= 0.6 is 0 Å². The second-order valence-electron chi connectivity index (χ2n) is 8.60. The van der Waals surface area contributed by atoms with Crippen LogP contribution in [0.2, 0.25) is 0 Å². The maximum atomic E-state index is 12.7. The summed E-state index contributed by atoms with van der Waals surface area (Å²) in [5.74, 6) is 1.42. The van der Waals surface area contributed by atoms with Crippen molar-refractivity contribution in [3.05, 3.63) is 33.7 Å². The summed E-state index contributed by atoms with van der Waals surface area (Å²) in [6, 6.07) is 3.83. The van der Waals surface area contributed by atoms with Gasteiger partial charge in [0.25, 0.3) is 5.91 Å². The highest BCUT2D eigenvalue weighted by atomic mass is 16.5. The van der Waals surface area contributed by atoms with Crippen LogP contribution in [0.1, 0.15) is 68.3 Å². The first-order chi connectivity index (χ1) is 14.0. The number of rotatable bonds is 13. The summed E-state index contributed by atoms with van der Waals surface area (Å²) in [4.78, 5) is 14.9. The smallest absolute Gasteiger partial charge is 0.251 e. The molecule has 1 amide bonds. The molecule has 162 valence electrons. The van der Waals surface area contributed by atoms with Gasteiger partial charge in [-0.15, -0.1) is 0 Å². The molecule has 1 aromatic rings. The minimum atomic E-state index is -0.0373. The highest BCUT2D eigenvalue weighted by Crippen LogP contribution is 2.28. The van der Waals surface area contributed by atoms with E-state index < -0.39 is 0 Å². The molecular weight excluding hydrogens is 360 g/mol. The molecule has 4 nitrogen and oxygen atoms in total. The van der Waals surface area contributed by atoms with E-state index in [0.717, 1.165) is 40.6 Å². The summed E-state index contributed by atoms with van der Waals surface area (Å²) in [6.45, 7) is 13.7. The average Bonchev–Trinajstić information content (AvgIpc) is 3.49. The molecule has 0 heterocycles. The summed E-state index contributed by atoms with van der Waals surface area (Å²) >= 11 is 0. The number of carbonyl (C=O) groups is 1. The molecule has 0 aliphatic heterocycles. The average molecular weight is 401 g/mol. The van der Waals surface area contributed by atoms with Gasteiger partial charge >= 0.3 is 0 Å². The Morgan fingerprint density at radius 2 is 2.00 bits per heavy atom. The van der Waals surface area contributed by atoms with Crippen molar-refractivity contribution in [2.24, 2.45) is 11.8 Å². The van der Waals surface area contributed by atoms with Gasteiger partial charge in [0.15, 0.2) is 0 Å². The van der Waals surface area contributed by atoms with Crippen LogP contribution in [0.3, 0.4) is 0 Å². The molecule has 1 aliphatic carbocycles. The van der Waals surface area contributed by atoms with E-state index in [2.05, 4.69) is 43.9 Å². The first-order valence-corrected chi connectivity index (χ1v) is 11.3. The van der Waals surface area contributed by atoms with E-state index >= 15 is 0 Å². The Bertz CT molecular complexity index is 749. The number of hydrogen-bond acceptors (Lipinski definition) is 3. The molecule has 0 bridgehead atoms. The Hall–Kier alpha value is -1.81. The van der Waals surface area contributed by atoms with Gasteiger partial charge in [-0.25, -0.2) is 0 Å². The van der Waals surface area contributed by atoms with Crippen molar-refractivity contribution in [1.29, 1.82) is 0 Å². The molecule has 0 unspecified atom stereocenters. The number of nitrogens with one attached hydrogen (secondary N) is 1. The van der Waals surface area contributed by atoms with Crippen LogP contribution in [0.5, 0.6) is 0 Å². The molecule has 4 heteroatoms. The molecule has 1 fully saturated rings. The first kappa shape index (κ1) is 23.5. The van der Waals surface area contributed by atoms with Crippen LogP contribution in [-0.2, 0) is 4.74 Å². The molecule has 1 N–H and O–H groups in total. The normalized spacial score (nSPS) is 14.4. The van der Waals surface area contributed by atoms with Gasteiger partial charge in [-0.05, 0) is 61.3 Å². The van der Waals surface area contributed by atoms with Crippen molar-refractivity contribution in [3.8, 4) is 0 Å². The van der Waals surface area contributed by atoms with Crippen LogP contribution in [-0.4, -0.2) is 44.2 Å². The van der Waals surface area contributed by atoms with Gasteiger partial charge in [-0.2, -0.15) is 0 Å². The Morgan fingerprint density at radius 3 is 2.62 bits per heavy atom. The van der Waals surface area contributed by atoms with Gasteiger partial charge < -0.3 is 15.0 Å². The fourth-order valence-electron chi connectivity index (χ4n) is 3.90. The third-order valence-electron chi connectivity index (χ3n) is 5.72. The molecule has 0 aromatic heterocycles. The molecule has 0 saturated heterocycles. The van der Waals surface area contributed by atoms with Crippen molar-refractivity contribution >= 4 is 18.7 Å². The fraction of sp³-hybridized carbons (Fsp3) is 0.640. The number of carbonyl (C=O) groups excluding carboxylic acids is 1. The number of nitrogens with zero attached hydrogens (tertiary/aromatic N) is 1. The van der Waals surface area contributed by atoms with Crippen molar-refractivity contribution in [2.45, 2.75) is 59.3 Å². The number of benzene rings is 1. The molecule has 1 saturated carbocycles. The Kier molecular flexibility index (Phi) is 9.72. The standard InChI is InChI=1S/C25H40N2O2/c1-6-8-21(9-7-2)16-27(5)17-24-19(3)10-13-23(20(24)4)25(28)26-14-15-29-18-22-11-12-22/h10,13,17,21-22H,3,6-9,11-12,14-16,18H2,1-2,4-5H3,(H,26,28)/b24-17+. The van der Waals surface area contributed by atoms with Crippen molar-refractivity contribution in [3.63, 3.8) is 0 Å². The number of ether oxygens (including phenoxy) is 1. The van der Waals surface area contributed by atoms with Gasteiger partial charge in [0.2, 0.25) is 0 Å². The van der Waals surface area contributed by atoms with Crippen molar-refractivity contribution in [1.82, 2.24) is 10.2 Å². The van der Waals surface area contributed by atoms with Crippen molar-refractivity contribution in [2.75, 3.05) is 33.4 Å². The molecule has 0 spiro atoms. The second kappa shape index (κ2) is 12.0. The van der Waals surface area contributed by atoms with Gasteiger partial charge in [-0.3, -0.25) is 4.79 Å². The van der Waals surface area contributed by atoms with E-state index in [1.165, 1.54) is 38.5 Å². The molecule has 1 aliphatic rings. The van der Waals surface area contributed by atoms with Crippen LogP contribution in [0.4, 0.5) is 0 Å². The van der Waals surface area contributed by atoms with Crippen LogP contribution in [0.15, 0.2) is 12.1 Å². The third-order valence-corrected chi connectivity index (χ3v) is 5.72. The van der Waals surface area contributed by atoms with E-state index in [9.17, 15) is 4.79 Å². The van der Waals surface area contributed by atoms with Crippen LogP contribution < -0.4 is 15.8 Å². The summed E-state index contributed by atoms with van der Waals surface area (Å²) in [6.07, 6.45) is 9.69. The van der Waals surface area contributed by atoms with E-state index in [1.807, 2.05) is 19.1 Å². The van der Waals surface area contributed by atoms with E-state index in [-0.39, 0.29) is 5.91 Å². The molecular formula is C25H40N2O2. The zero-order chi connectivity index (χ0) is 21.2. The summed E-state index contributed by atoms with van der Waals surface area (Å²) in [5.41, 5.74) is 1.71. The van der Waals surface area contributed by atoms with Crippen LogP contribution in [0, 0.1) is 18.8 Å². The molecule has 29 heavy (non-hydrogen) atoms. The Balaban J connectivity index is 2.02. The second-order valence-corrected chi connectivity index (χ2v) is 8.60. The highest BCUT2D eigenvalue weighted by molar-refractivity contribution is 5.95. The zero-order valence-electron chi connectivity index (χ0n) is 18.9. The lowest BCUT2D eigenvalue weighted by molar-refractivity contribution is 0.0906. The fourth-order valence-corrected chi connectivity index (χ4v) is 3.90. The maximum Gasteiger partial charge on any atom is 0.251 e. The monoisotopic (exact) mass is 400 g/mol. The molecule has 0 atom stereocenters. The van der Waals surface area contributed by atoms with Crippen LogP contribution in [0.25, 0.3) is 12.8 Å². The number of amides is 1. The SMILES string of the molecule is C=c1ccc(C(=O)NCCOCC2CC2)c(C)/c1=C/N(C)CC(CCC)CCC. The zero-order valence-corrected chi connectivity index (χ0v) is 18.9.